The second-order valence-corrected chi connectivity index (χ2v) is 6.64. The molecule has 0 aliphatic carbocycles. The highest BCUT2D eigenvalue weighted by atomic mass is 35.5. The molecule has 0 amide bonds. The Bertz CT molecular complexity index is 673. The maximum absolute atomic E-state index is 6.30. The van der Waals surface area contributed by atoms with E-state index in [-0.39, 0.29) is 5.54 Å². The zero-order valence-electron chi connectivity index (χ0n) is 11.6. The molecule has 0 spiro atoms. The molecule has 0 atom stereocenters. The van der Waals surface area contributed by atoms with Gasteiger partial charge in [-0.25, -0.2) is 0 Å². The largest absolute Gasteiger partial charge is 0.336 e. The highest BCUT2D eigenvalue weighted by Crippen LogP contribution is 2.31. The van der Waals surface area contributed by atoms with Crippen LogP contribution in [0.1, 0.15) is 20.8 Å². The maximum Gasteiger partial charge on any atom is 0.199 e. The second kappa shape index (κ2) is 4.86. The fraction of sp³-hybridized carbons (Fsp3) is 0.462. The van der Waals surface area contributed by atoms with Crippen molar-refractivity contribution in [2.45, 2.75) is 26.3 Å². The molecule has 1 aliphatic rings. The lowest BCUT2D eigenvalue weighted by Gasteiger charge is -2.34. The van der Waals surface area contributed by atoms with Crippen LogP contribution in [0.4, 0.5) is 5.69 Å². The Balaban J connectivity index is 1.97. The van der Waals surface area contributed by atoms with E-state index in [0.29, 0.717) is 5.02 Å². The Kier molecular flexibility index (Phi) is 3.30. The van der Waals surface area contributed by atoms with E-state index in [2.05, 4.69) is 44.7 Å². The van der Waals surface area contributed by atoms with Gasteiger partial charge in [0, 0.05) is 12.1 Å². The molecule has 0 saturated carbocycles. The van der Waals surface area contributed by atoms with Crippen molar-refractivity contribution in [1.82, 2.24) is 13.6 Å². The zero-order chi connectivity index (χ0) is 14.3. The molecule has 0 fully saturated rings. The molecule has 1 aromatic carbocycles. The van der Waals surface area contributed by atoms with Crippen LogP contribution < -0.4 is 5.32 Å². The van der Waals surface area contributed by atoms with Gasteiger partial charge in [-0.05, 0) is 32.9 Å². The van der Waals surface area contributed by atoms with Gasteiger partial charge in [0.05, 0.1) is 29.0 Å². The van der Waals surface area contributed by atoms with Gasteiger partial charge in [-0.1, -0.05) is 11.6 Å². The van der Waals surface area contributed by atoms with Gasteiger partial charge in [-0.3, -0.25) is 4.99 Å². The van der Waals surface area contributed by atoms with Crippen LogP contribution in [0.25, 0.3) is 11.0 Å². The van der Waals surface area contributed by atoms with Crippen LogP contribution in [0.2, 0.25) is 5.02 Å². The van der Waals surface area contributed by atoms with Crippen LogP contribution in [0.15, 0.2) is 17.1 Å². The normalized spacial score (nSPS) is 15.8. The van der Waals surface area contributed by atoms with E-state index in [1.165, 1.54) is 11.7 Å². The molecular formula is C13H16ClN5S. The van der Waals surface area contributed by atoms with Crippen molar-refractivity contribution in [3.8, 4) is 0 Å². The number of aliphatic imine (C=N–C) groups is 1. The van der Waals surface area contributed by atoms with Crippen LogP contribution in [0.3, 0.4) is 0 Å². The molecule has 0 radical (unpaired) electrons. The molecule has 2 aromatic rings. The minimum atomic E-state index is 0.0169. The van der Waals surface area contributed by atoms with Crippen molar-refractivity contribution >= 4 is 46.0 Å². The van der Waals surface area contributed by atoms with Crippen LogP contribution in [-0.4, -0.2) is 38.2 Å². The van der Waals surface area contributed by atoms with Gasteiger partial charge in [-0.15, -0.1) is 0 Å². The number of fused-ring (bicyclic) bond motifs is 1. The summed E-state index contributed by atoms with van der Waals surface area (Å²) in [6.45, 7) is 8.21. The van der Waals surface area contributed by atoms with Crippen LogP contribution in [0, 0.1) is 0 Å². The zero-order valence-corrected chi connectivity index (χ0v) is 13.2. The quantitative estimate of drug-likeness (QED) is 0.878. The lowest BCUT2D eigenvalue weighted by atomic mass is 10.1. The third kappa shape index (κ3) is 2.33. The Hall–Kier alpha value is -1.40. The molecular weight excluding hydrogens is 294 g/mol. The predicted molar refractivity (Wildman–Crippen MR) is 84.8 cm³/mol. The first-order valence-corrected chi connectivity index (χ1v) is 7.57. The Morgan fingerprint density at radius 1 is 1.30 bits per heavy atom. The van der Waals surface area contributed by atoms with Crippen molar-refractivity contribution in [2.24, 2.45) is 4.99 Å². The summed E-state index contributed by atoms with van der Waals surface area (Å²) in [5.41, 5.74) is 2.45. The van der Waals surface area contributed by atoms with Gasteiger partial charge in [0.2, 0.25) is 0 Å². The SMILES string of the molecule is CC(C)(C)N1CCN=C1Nc1c(Cl)ccc2nsnc12. The minimum Gasteiger partial charge on any atom is -0.336 e. The molecule has 1 aliphatic heterocycles. The van der Waals surface area contributed by atoms with Gasteiger partial charge in [0.1, 0.15) is 11.0 Å². The number of nitrogens with one attached hydrogen (secondary N) is 1. The molecule has 1 N–H and O–H groups in total. The summed E-state index contributed by atoms with van der Waals surface area (Å²) >= 11 is 7.49. The van der Waals surface area contributed by atoms with Gasteiger partial charge >= 0.3 is 0 Å². The first kappa shape index (κ1) is 13.6. The third-order valence-electron chi connectivity index (χ3n) is 3.26. The van der Waals surface area contributed by atoms with E-state index >= 15 is 0 Å². The number of rotatable bonds is 1. The summed E-state index contributed by atoms with van der Waals surface area (Å²) in [6, 6.07) is 3.72. The topological polar surface area (TPSA) is 53.4 Å². The van der Waals surface area contributed by atoms with Crippen molar-refractivity contribution in [3.63, 3.8) is 0 Å². The summed E-state index contributed by atoms with van der Waals surface area (Å²) in [5.74, 6) is 0.847. The number of hydrogen-bond donors (Lipinski definition) is 1. The molecule has 5 nitrogen and oxygen atoms in total. The summed E-state index contributed by atoms with van der Waals surface area (Å²) in [6.07, 6.45) is 0. The maximum atomic E-state index is 6.30. The van der Waals surface area contributed by atoms with Crippen molar-refractivity contribution < 1.29 is 0 Å². The van der Waals surface area contributed by atoms with Crippen LogP contribution in [-0.2, 0) is 0 Å². The first-order chi connectivity index (χ1) is 9.47. The average molecular weight is 310 g/mol. The number of aromatic nitrogens is 2. The number of hydrogen-bond acceptors (Lipinski definition) is 6. The lowest BCUT2D eigenvalue weighted by Crippen LogP contribution is -2.46. The summed E-state index contributed by atoms with van der Waals surface area (Å²) in [4.78, 5) is 6.78. The first-order valence-electron chi connectivity index (χ1n) is 6.47. The van der Waals surface area contributed by atoms with Crippen molar-refractivity contribution in [3.05, 3.63) is 17.2 Å². The van der Waals surface area contributed by atoms with Gasteiger partial charge in [0.15, 0.2) is 5.96 Å². The number of benzene rings is 1. The minimum absolute atomic E-state index is 0.0169. The van der Waals surface area contributed by atoms with E-state index in [9.17, 15) is 0 Å². The molecule has 1 aromatic heterocycles. The van der Waals surface area contributed by atoms with E-state index < -0.39 is 0 Å². The average Bonchev–Trinajstić information content (AvgIpc) is 3.00. The molecule has 20 heavy (non-hydrogen) atoms. The number of nitrogens with zero attached hydrogens (tertiary/aromatic N) is 4. The van der Waals surface area contributed by atoms with Crippen molar-refractivity contribution in [2.75, 3.05) is 18.4 Å². The standard InChI is InChI=1S/C13H16ClN5S/c1-13(2,3)19-7-6-15-12(19)16-10-8(14)4-5-9-11(10)18-20-17-9/h4-5H,6-7H2,1-3H3,(H,15,16). The van der Waals surface area contributed by atoms with Crippen LogP contribution >= 0.6 is 23.3 Å². The highest BCUT2D eigenvalue weighted by molar-refractivity contribution is 7.00. The van der Waals surface area contributed by atoms with E-state index in [1.807, 2.05) is 12.1 Å². The summed E-state index contributed by atoms with van der Waals surface area (Å²) < 4.78 is 8.56. The second-order valence-electron chi connectivity index (χ2n) is 5.71. The Morgan fingerprint density at radius 3 is 2.85 bits per heavy atom. The van der Waals surface area contributed by atoms with Crippen molar-refractivity contribution in [1.29, 1.82) is 0 Å². The predicted octanol–water partition coefficient (Wildman–Crippen LogP) is 3.23. The number of anilines is 1. The van der Waals surface area contributed by atoms with Crippen LogP contribution in [0.5, 0.6) is 0 Å². The number of halogens is 1. The third-order valence-corrected chi connectivity index (χ3v) is 4.12. The molecule has 7 heteroatoms. The molecule has 0 unspecified atom stereocenters. The monoisotopic (exact) mass is 309 g/mol. The smallest absolute Gasteiger partial charge is 0.199 e. The molecule has 2 heterocycles. The summed E-state index contributed by atoms with van der Waals surface area (Å²) in [7, 11) is 0. The Labute approximate surface area is 127 Å². The van der Waals surface area contributed by atoms with Gasteiger partial charge < -0.3 is 10.2 Å². The molecule has 3 rings (SSSR count). The van der Waals surface area contributed by atoms with Gasteiger partial charge in [-0.2, -0.15) is 8.75 Å². The summed E-state index contributed by atoms with van der Waals surface area (Å²) in [5, 5.41) is 3.98. The Morgan fingerprint density at radius 2 is 2.10 bits per heavy atom. The fourth-order valence-corrected chi connectivity index (χ4v) is 3.01. The number of guanidine groups is 1. The molecule has 0 bridgehead atoms. The molecule has 0 saturated heterocycles. The fourth-order valence-electron chi connectivity index (χ4n) is 2.26. The molecule has 106 valence electrons. The highest BCUT2D eigenvalue weighted by Gasteiger charge is 2.28. The van der Waals surface area contributed by atoms with Gasteiger partial charge in [0.25, 0.3) is 0 Å². The van der Waals surface area contributed by atoms with E-state index in [1.54, 1.807) is 0 Å². The lowest BCUT2D eigenvalue weighted by molar-refractivity contribution is 0.257. The van der Waals surface area contributed by atoms with E-state index in [0.717, 1.165) is 35.8 Å². The van der Waals surface area contributed by atoms with E-state index in [4.69, 9.17) is 11.6 Å².